The molecular formula is C14H22N2O2. The lowest BCUT2D eigenvalue weighted by Crippen LogP contribution is -2.38. The number of hydrogen-bond donors (Lipinski definition) is 0. The van der Waals surface area contributed by atoms with Gasteiger partial charge in [0.05, 0.1) is 12.6 Å². The summed E-state index contributed by atoms with van der Waals surface area (Å²) < 4.78 is 0. The van der Waals surface area contributed by atoms with Gasteiger partial charge in [0.25, 0.3) is 0 Å². The van der Waals surface area contributed by atoms with E-state index in [2.05, 4.69) is 30.8 Å². The maximum atomic E-state index is 10.4. The zero-order valence-corrected chi connectivity index (χ0v) is 11.5. The molecule has 0 bridgehead atoms. The molecule has 3 atom stereocenters. The van der Waals surface area contributed by atoms with Gasteiger partial charge in [-0.15, -0.1) is 0 Å². The molecule has 1 aliphatic rings. The van der Waals surface area contributed by atoms with Crippen molar-refractivity contribution in [2.24, 2.45) is 27.2 Å². The predicted octanol–water partition coefficient (Wildman–Crippen LogP) is 2.88. The second-order valence-electron chi connectivity index (χ2n) is 5.97. The van der Waals surface area contributed by atoms with Gasteiger partial charge in [-0.2, -0.15) is 0 Å². The third-order valence-corrected chi connectivity index (χ3v) is 4.42. The van der Waals surface area contributed by atoms with Gasteiger partial charge in [0.15, 0.2) is 0 Å². The molecule has 0 aromatic carbocycles. The minimum absolute atomic E-state index is 0.105. The summed E-state index contributed by atoms with van der Waals surface area (Å²) in [7, 11) is 0. The van der Waals surface area contributed by atoms with Crippen LogP contribution in [0.15, 0.2) is 9.98 Å². The predicted molar refractivity (Wildman–Crippen MR) is 69.8 cm³/mol. The van der Waals surface area contributed by atoms with Crippen LogP contribution in [0.3, 0.4) is 0 Å². The molecular weight excluding hydrogens is 228 g/mol. The fourth-order valence-corrected chi connectivity index (χ4v) is 3.09. The Bertz CT molecular complexity index is 366. The highest BCUT2D eigenvalue weighted by molar-refractivity contribution is 5.33. The molecule has 0 amide bonds. The summed E-state index contributed by atoms with van der Waals surface area (Å²) in [5.74, 6) is 1.13. The van der Waals surface area contributed by atoms with Gasteiger partial charge in [-0.3, -0.25) is 0 Å². The molecule has 0 saturated heterocycles. The standard InChI is InChI=1S/C14H22N2O2/c1-11-12(5-4-6-15-9-17)7-13(16-10-18)8-14(11,2)3/h11-13H,4-8H2,1-3H3. The molecule has 0 aromatic heterocycles. The summed E-state index contributed by atoms with van der Waals surface area (Å²) in [4.78, 5) is 27.9. The molecule has 3 unspecified atom stereocenters. The topological polar surface area (TPSA) is 58.9 Å². The van der Waals surface area contributed by atoms with Crippen molar-refractivity contribution < 1.29 is 9.59 Å². The molecule has 0 N–H and O–H groups in total. The van der Waals surface area contributed by atoms with E-state index in [4.69, 9.17) is 0 Å². The second kappa shape index (κ2) is 6.63. The first kappa shape index (κ1) is 14.8. The Kier molecular flexibility index (Phi) is 5.46. The molecule has 0 spiro atoms. The summed E-state index contributed by atoms with van der Waals surface area (Å²) in [5, 5.41) is 0. The number of isocyanates is 2. The van der Waals surface area contributed by atoms with Crippen LogP contribution in [0.2, 0.25) is 0 Å². The van der Waals surface area contributed by atoms with Crippen LogP contribution in [0.5, 0.6) is 0 Å². The molecule has 1 aliphatic carbocycles. The van der Waals surface area contributed by atoms with E-state index in [0.717, 1.165) is 25.7 Å². The van der Waals surface area contributed by atoms with Crippen molar-refractivity contribution >= 4 is 12.2 Å². The fraction of sp³-hybridized carbons (Fsp3) is 0.857. The Morgan fingerprint density at radius 3 is 2.61 bits per heavy atom. The summed E-state index contributed by atoms with van der Waals surface area (Å²) in [6.07, 6.45) is 7.09. The fourth-order valence-electron chi connectivity index (χ4n) is 3.09. The van der Waals surface area contributed by atoms with Crippen molar-refractivity contribution in [2.75, 3.05) is 6.54 Å². The zero-order chi connectivity index (χ0) is 13.6. The third-order valence-electron chi connectivity index (χ3n) is 4.42. The van der Waals surface area contributed by atoms with Crippen LogP contribution in [0, 0.1) is 17.3 Å². The minimum Gasteiger partial charge on any atom is -0.211 e. The van der Waals surface area contributed by atoms with Crippen LogP contribution in [-0.4, -0.2) is 24.7 Å². The first-order valence-corrected chi connectivity index (χ1v) is 6.62. The first-order valence-electron chi connectivity index (χ1n) is 6.62. The van der Waals surface area contributed by atoms with Crippen LogP contribution < -0.4 is 0 Å². The molecule has 18 heavy (non-hydrogen) atoms. The molecule has 1 saturated carbocycles. The van der Waals surface area contributed by atoms with Gasteiger partial charge in [-0.1, -0.05) is 20.8 Å². The maximum absolute atomic E-state index is 10.4. The SMILES string of the molecule is CC1C(CCCN=C=O)CC(N=C=O)CC1(C)C. The molecule has 4 nitrogen and oxygen atoms in total. The van der Waals surface area contributed by atoms with E-state index in [1.54, 1.807) is 12.2 Å². The highest BCUT2D eigenvalue weighted by atomic mass is 16.1. The van der Waals surface area contributed by atoms with Crippen LogP contribution in [0.1, 0.15) is 46.5 Å². The lowest BCUT2D eigenvalue weighted by molar-refractivity contribution is 0.0702. The van der Waals surface area contributed by atoms with E-state index in [0.29, 0.717) is 18.4 Å². The van der Waals surface area contributed by atoms with E-state index in [9.17, 15) is 9.59 Å². The van der Waals surface area contributed by atoms with Gasteiger partial charge in [0.2, 0.25) is 12.2 Å². The van der Waals surface area contributed by atoms with Crippen LogP contribution in [0.25, 0.3) is 0 Å². The summed E-state index contributed by atoms with van der Waals surface area (Å²) in [5.41, 5.74) is 0.196. The highest BCUT2D eigenvalue weighted by Crippen LogP contribution is 2.46. The zero-order valence-electron chi connectivity index (χ0n) is 11.5. The van der Waals surface area contributed by atoms with E-state index >= 15 is 0 Å². The lowest BCUT2D eigenvalue weighted by Gasteiger charge is -2.44. The lowest BCUT2D eigenvalue weighted by atomic mass is 9.62. The highest BCUT2D eigenvalue weighted by Gasteiger charge is 2.39. The van der Waals surface area contributed by atoms with Gasteiger partial charge >= 0.3 is 0 Å². The Labute approximate surface area is 109 Å². The number of hydrogen-bond acceptors (Lipinski definition) is 4. The van der Waals surface area contributed by atoms with Gasteiger partial charge in [0, 0.05) is 0 Å². The monoisotopic (exact) mass is 250 g/mol. The molecule has 100 valence electrons. The van der Waals surface area contributed by atoms with Crippen molar-refractivity contribution in [1.82, 2.24) is 0 Å². The Hall–Kier alpha value is -1.24. The number of carbonyl (C=O) groups excluding carboxylic acids is 2. The van der Waals surface area contributed by atoms with Crippen molar-refractivity contribution in [2.45, 2.75) is 52.5 Å². The Morgan fingerprint density at radius 2 is 2.00 bits per heavy atom. The van der Waals surface area contributed by atoms with Crippen molar-refractivity contribution in [3.63, 3.8) is 0 Å². The number of aliphatic imine (C=N–C) groups is 2. The average molecular weight is 250 g/mol. The molecule has 0 heterocycles. The molecule has 0 aromatic rings. The number of nitrogens with zero attached hydrogens (tertiary/aromatic N) is 2. The van der Waals surface area contributed by atoms with Crippen LogP contribution >= 0.6 is 0 Å². The minimum atomic E-state index is 0.105. The number of rotatable bonds is 5. The molecule has 4 heteroatoms. The normalized spacial score (nSPS) is 30.1. The summed E-state index contributed by atoms with van der Waals surface area (Å²) in [6.45, 7) is 7.30. The molecule has 1 fully saturated rings. The second-order valence-corrected chi connectivity index (χ2v) is 5.97. The molecule has 0 aliphatic heterocycles. The summed E-state index contributed by atoms with van der Waals surface area (Å²) >= 11 is 0. The summed E-state index contributed by atoms with van der Waals surface area (Å²) in [6, 6.07) is 0.105. The van der Waals surface area contributed by atoms with Crippen LogP contribution in [0.4, 0.5) is 0 Å². The van der Waals surface area contributed by atoms with E-state index < -0.39 is 0 Å². The smallest absolute Gasteiger partial charge is 0.211 e. The maximum Gasteiger partial charge on any atom is 0.235 e. The van der Waals surface area contributed by atoms with Gasteiger partial charge in [-0.05, 0) is 42.9 Å². The van der Waals surface area contributed by atoms with Gasteiger partial charge < -0.3 is 0 Å². The van der Waals surface area contributed by atoms with Crippen molar-refractivity contribution in [3.05, 3.63) is 0 Å². The largest absolute Gasteiger partial charge is 0.235 e. The van der Waals surface area contributed by atoms with E-state index in [-0.39, 0.29) is 11.5 Å². The van der Waals surface area contributed by atoms with Crippen molar-refractivity contribution in [1.29, 1.82) is 0 Å². The Balaban J connectivity index is 2.63. The van der Waals surface area contributed by atoms with Gasteiger partial charge in [-0.25, -0.2) is 19.6 Å². The van der Waals surface area contributed by atoms with Crippen molar-refractivity contribution in [3.8, 4) is 0 Å². The quantitative estimate of drug-likeness (QED) is 0.428. The van der Waals surface area contributed by atoms with E-state index in [1.807, 2.05) is 0 Å². The van der Waals surface area contributed by atoms with Gasteiger partial charge in [0.1, 0.15) is 0 Å². The van der Waals surface area contributed by atoms with E-state index in [1.165, 1.54) is 0 Å². The molecule has 0 radical (unpaired) electrons. The van der Waals surface area contributed by atoms with Crippen LogP contribution in [-0.2, 0) is 9.59 Å². The first-order chi connectivity index (χ1) is 8.51. The average Bonchev–Trinajstić information content (AvgIpc) is 2.30. The molecule has 1 rings (SSSR count). The Morgan fingerprint density at radius 1 is 1.28 bits per heavy atom. The third kappa shape index (κ3) is 3.90.